The molecule has 2 aliphatic heterocycles. The van der Waals surface area contributed by atoms with Gasteiger partial charge in [0.05, 0.1) is 9.49 Å². The maximum absolute atomic E-state index is 2.49. The van der Waals surface area contributed by atoms with E-state index in [0.29, 0.717) is 9.49 Å². The molecule has 2 heterocycles. The molecule has 14 heavy (non-hydrogen) atoms. The summed E-state index contributed by atoms with van der Waals surface area (Å²) in [4.78, 5) is 0. The molecule has 0 amide bonds. The zero-order valence-corrected chi connectivity index (χ0v) is 10.0. The zero-order chi connectivity index (χ0) is 9.49. The molecule has 0 unspecified atom stereocenters. The first kappa shape index (κ1) is 9.41. The summed E-state index contributed by atoms with van der Waals surface area (Å²) >= 11 is 4.41. The minimum Gasteiger partial charge on any atom is -0.149 e. The number of hydrogen-bond donors (Lipinski definition) is 0. The molecule has 0 aromatic rings. The molecule has 2 fully saturated rings. The van der Waals surface area contributed by atoms with E-state index < -0.39 is 0 Å². The van der Waals surface area contributed by atoms with Crippen LogP contribution in [0.2, 0.25) is 0 Å². The first-order valence-electron chi connectivity index (χ1n) is 5.52. The van der Waals surface area contributed by atoms with Gasteiger partial charge < -0.3 is 0 Å². The van der Waals surface area contributed by atoms with E-state index in [2.05, 4.69) is 47.8 Å². The summed E-state index contributed by atoms with van der Waals surface area (Å²) in [5, 5.41) is 0. The van der Waals surface area contributed by atoms with Gasteiger partial charge in [0.1, 0.15) is 0 Å². The lowest BCUT2D eigenvalue weighted by molar-refractivity contribution is 0.521. The first-order chi connectivity index (χ1) is 6.87. The molecule has 0 bridgehead atoms. The molecule has 2 saturated heterocycles. The molecular formula is C12H16S2. The van der Waals surface area contributed by atoms with Crippen LogP contribution in [-0.2, 0) is 0 Å². The molecule has 0 saturated carbocycles. The van der Waals surface area contributed by atoms with Crippen molar-refractivity contribution in [3.8, 4) is 0 Å². The smallest absolute Gasteiger partial charge is 0.0524 e. The molecule has 2 heteroatoms. The molecule has 0 radical (unpaired) electrons. The van der Waals surface area contributed by atoms with Gasteiger partial charge in [-0.2, -0.15) is 0 Å². The summed E-state index contributed by atoms with van der Waals surface area (Å²) in [5.41, 5.74) is 0. The maximum Gasteiger partial charge on any atom is 0.0524 e. The summed E-state index contributed by atoms with van der Waals surface area (Å²) in [6, 6.07) is 0. The number of fused-ring (bicyclic) bond motifs is 1. The van der Waals surface area contributed by atoms with Crippen molar-refractivity contribution in [2.24, 2.45) is 0 Å². The highest BCUT2D eigenvalue weighted by Gasteiger charge is 2.52. The van der Waals surface area contributed by atoms with Gasteiger partial charge in [-0.3, -0.25) is 0 Å². The Morgan fingerprint density at radius 3 is 1.64 bits per heavy atom. The third-order valence-electron chi connectivity index (χ3n) is 3.66. The Kier molecular flexibility index (Phi) is 2.25. The lowest BCUT2D eigenvalue weighted by Crippen LogP contribution is -2.44. The Morgan fingerprint density at radius 2 is 1.29 bits per heavy atom. The number of allylic oxidation sites excluding steroid dienone is 2. The van der Waals surface area contributed by atoms with Crippen molar-refractivity contribution in [2.45, 2.75) is 35.2 Å². The van der Waals surface area contributed by atoms with Crippen molar-refractivity contribution in [1.29, 1.82) is 0 Å². The lowest BCUT2D eigenvalue weighted by atomic mass is 9.81. The van der Waals surface area contributed by atoms with Crippen molar-refractivity contribution in [2.75, 3.05) is 11.5 Å². The van der Waals surface area contributed by atoms with Gasteiger partial charge in [-0.15, -0.1) is 23.5 Å². The van der Waals surface area contributed by atoms with Gasteiger partial charge in [0.15, 0.2) is 0 Å². The van der Waals surface area contributed by atoms with Crippen LogP contribution in [0.15, 0.2) is 24.3 Å². The molecule has 0 N–H and O–H groups in total. The number of hydrogen-bond acceptors (Lipinski definition) is 2. The predicted octanol–water partition coefficient (Wildman–Crippen LogP) is 3.64. The summed E-state index contributed by atoms with van der Waals surface area (Å²) < 4.78 is 0.922. The fraction of sp³-hybridized carbons (Fsp3) is 0.667. The number of thioether (sulfide) groups is 2. The van der Waals surface area contributed by atoms with Gasteiger partial charge in [-0.25, -0.2) is 0 Å². The van der Waals surface area contributed by atoms with E-state index >= 15 is 0 Å². The second kappa shape index (κ2) is 3.34. The van der Waals surface area contributed by atoms with Crippen LogP contribution in [0.25, 0.3) is 0 Å². The Labute approximate surface area is 94.6 Å². The van der Waals surface area contributed by atoms with Crippen LogP contribution in [0.5, 0.6) is 0 Å². The molecule has 76 valence electrons. The van der Waals surface area contributed by atoms with Gasteiger partial charge in [-0.05, 0) is 37.2 Å². The minimum absolute atomic E-state index is 0.461. The minimum atomic E-state index is 0.461. The Bertz CT molecular complexity index is 249. The van der Waals surface area contributed by atoms with Gasteiger partial charge >= 0.3 is 0 Å². The average molecular weight is 224 g/mol. The van der Waals surface area contributed by atoms with Crippen LogP contribution in [0.3, 0.4) is 0 Å². The maximum atomic E-state index is 2.49. The molecule has 0 nitrogen and oxygen atoms in total. The second-order valence-electron chi connectivity index (χ2n) is 4.40. The second-order valence-corrected chi connectivity index (χ2v) is 7.25. The lowest BCUT2D eigenvalue weighted by Gasteiger charge is -2.43. The zero-order valence-electron chi connectivity index (χ0n) is 8.37. The fourth-order valence-electron chi connectivity index (χ4n) is 2.96. The van der Waals surface area contributed by atoms with Crippen molar-refractivity contribution in [1.82, 2.24) is 0 Å². The molecule has 0 aromatic heterocycles. The highest BCUT2D eigenvalue weighted by atomic mass is 32.2. The average Bonchev–Trinajstić information content (AvgIpc) is 2.81. The van der Waals surface area contributed by atoms with E-state index in [1.165, 1.54) is 37.2 Å². The normalized spacial score (nSPS) is 45.7. The molecule has 2 atom stereocenters. The van der Waals surface area contributed by atoms with Crippen molar-refractivity contribution < 1.29 is 0 Å². The molecule has 3 aliphatic rings. The third kappa shape index (κ3) is 1.16. The van der Waals surface area contributed by atoms with Crippen molar-refractivity contribution in [3.63, 3.8) is 0 Å². The van der Waals surface area contributed by atoms with Crippen LogP contribution >= 0.6 is 23.5 Å². The molecule has 3 rings (SSSR count). The predicted molar refractivity (Wildman–Crippen MR) is 67.1 cm³/mol. The van der Waals surface area contributed by atoms with E-state index in [-0.39, 0.29) is 0 Å². The molecule has 1 aliphatic carbocycles. The van der Waals surface area contributed by atoms with E-state index in [9.17, 15) is 0 Å². The van der Waals surface area contributed by atoms with Crippen LogP contribution in [0.1, 0.15) is 25.7 Å². The monoisotopic (exact) mass is 224 g/mol. The summed E-state index contributed by atoms with van der Waals surface area (Å²) in [6.45, 7) is 0. The molecule has 0 aromatic carbocycles. The third-order valence-corrected chi connectivity index (χ3v) is 7.22. The summed E-state index contributed by atoms with van der Waals surface area (Å²) in [6.07, 6.45) is 15.1. The van der Waals surface area contributed by atoms with Crippen LogP contribution in [0, 0.1) is 0 Å². The quantitative estimate of drug-likeness (QED) is 0.616. The highest BCUT2D eigenvalue weighted by molar-refractivity contribution is 8.05. The van der Waals surface area contributed by atoms with Gasteiger partial charge in [-0.1, -0.05) is 24.3 Å². The van der Waals surface area contributed by atoms with E-state index in [4.69, 9.17) is 0 Å². The SMILES string of the molecule is C1=C[C@@]2(CCCS2)[C@]2(C=C1)CCCS2. The van der Waals surface area contributed by atoms with Gasteiger partial charge in [0.2, 0.25) is 0 Å². The van der Waals surface area contributed by atoms with Crippen molar-refractivity contribution >= 4 is 23.5 Å². The first-order valence-corrected chi connectivity index (χ1v) is 7.49. The van der Waals surface area contributed by atoms with E-state index in [1.807, 2.05) is 0 Å². The van der Waals surface area contributed by atoms with Crippen LogP contribution in [0.4, 0.5) is 0 Å². The summed E-state index contributed by atoms with van der Waals surface area (Å²) in [5.74, 6) is 2.72. The standard InChI is InChI=1S/C12H16S2/c1-2-6-12(8-4-10-14-12)11(5-1)7-3-9-13-11/h1-2,5-6H,3-4,7-10H2/t11-,12+. The van der Waals surface area contributed by atoms with E-state index in [0.717, 1.165) is 0 Å². The fourth-order valence-corrected chi connectivity index (χ4v) is 6.37. The Morgan fingerprint density at radius 1 is 0.786 bits per heavy atom. The summed E-state index contributed by atoms with van der Waals surface area (Å²) in [7, 11) is 0. The number of rotatable bonds is 0. The Balaban J connectivity index is 2.01. The Hall–Kier alpha value is 0.180. The molecule has 2 spiro atoms. The van der Waals surface area contributed by atoms with Gasteiger partial charge in [0.25, 0.3) is 0 Å². The molecular weight excluding hydrogens is 208 g/mol. The van der Waals surface area contributed by atoms with E-state index in [1.54, 1.807) is 0 Å². The van der Waals surface area contributed by atoms with Crippen molar-refractivity contribution in [3.05, 3.63) is 24.3 Å². The largest absolute Gasteiger partial charge is 0.149 e. The van der Waals surface area contributed by atoms with Crippen LogP contribution in [-0.4, -0.2) is 21.0 Å². The van der Waals surface area contributed by atoms with Crippen LogP contribution < -0.4 is 0 Å². The van der Waals surface area contributed by atoms with Gasteiger partial charge in [0, 0.05) is 0 Å². The highest BCUT2D eigenvalue weighted by Crippen LogP contribution is 2.59. The topological polar surface area (TPSA) is 0 Å².